The highest BCUT2D eigenvalue weighted by Gasteiger charge is 2.28. The van der Waals surface area contributed by atoms with Crippen LogP contribution in [0.5, 0.6) is 5.75 Å². The molecule has 1 saturated heterocycles. The van der Waals surface area contributed by atoms with Gasteiger partial charge in [0.05, 0.1) is 35.5 Å². The van der Waals surface area contributed by atoms with Gasteiger partial charge in [0, 0.05) is 6.61 Å². The molecule has 1 aromatic heterocycles. The quantitative estimate of drug-likeness (QED) is 0.655. The van der Waals surface area contributed by atoms with Crippen LogP contribution in [0.1, 0.15) is 28.8 Å². The molecular weight excluding hydrogens is 360 g/mol. The second kappa shape index (κ2) is 7.66. The van der Waals surface area contributed by atoms with Crippen LogP contribution in [0.4, 0.5) is 5.13 Å². The Labute approximate surface area is 162 Å². The minimum Gasteiger partial charge on any atom is -0.496 e. The van der Waals surface area contributed by atoms with Crippen molar-refractivity contribution in [2.75, 3.05) is 25.2 Å². The Bertz CT molecular complexity index is 963. The Morgan fingerprint density at radius 2 is 2.19 bits per heavy atom. The average molecular weight is 382 g/mol. The molecule has 1 unspecified atom stereocenters. The van der Waals surface area contributed by atoms with Crippen molar-refractivity contribution >= 4 is 32.6 Å². The van der Waals surface area contributed by atoms with Crippen LogP contribution in [0.3, 0.4) is 0 Å². The fraction of sp³-hybridized carbons (Fsp3) is 0.333. The Morgan fingerprint density at radius 3 is 2.96 bits per heavy atom. The number of rotatable bonds is 5. The van der Waals surface area contributed by atoms with E-state index in [0.717, 1.165) is 29.7 Å². The molecule has 0 spiro atoms. The normalized spacial score (nSPS) is 16.6. The topological polar surface area (TPSA) is 51.7 Å². The van der Waals surface area contributed by atoms with E-state index in [2.05, 4.69) is 13.0 Å². The molecule has 6 heteroatoms. The molecule has 0 aliphatic carbocycles. The molecule has 5 nitrogen and oxygen atoms in total. The molecule has 0 bridgehead atoms. The molecule has 3 aromatic rings. The first-order valence-electron chi connectivity index (χ1n) is 9.09. The van der Waals surface area contributed by atoms with Crippen molar-refractivity contribution in [3.8, 4) is 5.75 Å². The zero-order valence-corrected chi connectivity index (χ0v) is 16.3. The van der Waals surface area contributed by atoms with Gasteiger partial charge in [-0.1, -0.05) is 29.5 Å². The predicted molar refractivity (Wildman–Crippen MR) is 108 cm³/mol. The molecule has 0 N–H and O–H groups in total. The lowest BCUT2D eigenvalue weighted by Crippen LogP contribution is -2.37. The number of methoxy groups -OCH3 is 1. The Balaban J connectivity index is 1.74. The van der Waals surface area contributed by atoms with E-state index in [-0.39, 0.29) is 12.0 Å². The summed E-state index contributed by atoms with van der Waals surface area (Å²) in [7, 11) is 1.58. The second-order valence-electron chi connectivity index (χ2n) is 6.72. The first-order chi connectivity index (χ1) is 13.2. The smallest absolute Gasteiger partial charge is 0.263 e. The summed E-state index contributed by atoms with van der Waals surface area (Å²) in [5.74, 6) is 0.454. The number of anilines is 1. The van der Waals surface area contributed by atoms with Gasteiger partial charge in [-0.15, -0.1) is 0 Å². The van der Waals surface area contributed by atoms with E-state index in [1.807, 2.05) is 24.3 Å². The number of ether oxygens (including phenoxy) is 2. The molecule has 1 atom stereocenters. The fourth-order valence-corrected chi connectivity index (χ4v) is 4.41. The van der Waals surface area contributed by atoms with Crippen molar-refractivity contribution in [3.05, 3.63) is 53.6 Å². The zero-order valence-electron chi connectivity index (χ0n) is 15.5. The minimum atomic E-state index is -0.112. The number of para-hydroxylation sites is 1. The Hall–Kier alpha value is -2.44. The number of amides is 1. The maximum Gasteiger partial charge on any atom is 0.263 e. The summed E-state index contributed by atoms with van der Waals surface area (Å²) >= 11 is 1.54. The SMILES string of the molecule is COc1ccccc1C(=O)N(CC1CCCO1)c1nc2ccc(C)cc2s1. The third-order valence-corrected chi connectivity index (χ3v) is 5.80. The lowest BCUT2D eigenvalue weighted by Gasteiger charge is -2.23. The molecule has 2 heterocycles. The third-order valence-electron chi connectivity index (χ3n) is 4.76. The van der Waals surface area contributed by atoms with Crippen molar-refractivity contribution < 1.29 is 14.3 Å². The maximum atomic E-state index is 13.4. The van der Waals surface area contributed by atoms with Gasteiger partial charge >= 0.3 is 0 Å². The molecular formula is C21H22N2O3S. The summed E-state index contributed by atoms with van der Waals surface area (Å²) in [6.45, 7) is 3.30. The Morgan fingerprint density at radius 1 is 1.33 bits per heavy atom. The molecule has 1 amide bonds. The van der Waals surface area contributed by atoms with Crippen LogP contribution < -0.4 is 9.64 Å². The van der Waals surface area contributed by atoms with E-state index in [9.17, 15) is 4.79 Å². The number of benzene rings is 2. The summed E-state index contributed by atoms with van der Waals surface area (Å²) in [5, 5.41) is 0.696. The average Bonchev–Trinajstić information content (AvgIpc) is 3.34. The number of fused-ring (bicyclic) bond motifs is 1. The van der Waals surface area contributed by atoms with Crippen LogP contribution in [0.25, 0.3) is 10.2 Å². The van der Waals surface area contributed by atoms with Gasteiger partial charge in [-0.2, -0.15) is 0 Å². The summed E-state index contributed by atoms with van der Waals surface area (Å²) in [6, 6.07) is 13.5. The zero-order chi connectivity index (χ0) is 18.8. The number of thiazole rings is 1. The molecule has 1 fully saturated rings. The lowest BCUT2D eigenvalue weighted by molar-refractivity contribution is 0.0915. The monoisotopic (exact) mass is 382 g/mol. The van der Waals surface area contributed by atoms with E-state index in [4.69, 9.17) is 14.5 Å². The largest absolute Gasteiger partial charge is 0.496 e. The first-order valence-corrected chi connectivity index (χ1v) is 9.91. The number of aromatic nitrogens is 1. The van der Waals surface area contributed by atoms with Crippen LogP contribution in [0.15, 0.2) is 42.5 Å². The molecule has 4 rings (SSSR count). The molecule has 140 valence electrons. The highest BCUT2D eigenvalue weighted by atomic mass is 32.1. The summed E-state index contributed by atoms with van der Waals surface area (Å²) in [6.07, 6.45) is 2.03. The van der Waals surface area contributed by atoms with Gasteiger partial charge < -0.3 is 9.47 Å². The Kier molecular flexibility index (Phi) is 5.09. The van der Waals surface area contributed by atoms with Crippen molar-refractivity contribution in [2.24, 2.45) is 0 Å². The number of hydrogen-bond donors (Lipinski definition) is 0. The van der Waals surface area contributed by atoms with Crippen LogP contribution in [-0.2, 0) is 4.74 Å². The predicted octanol–water partition coefficient (Wildman–Crippen LogP) is 4.44. The van der Waals surface area contributed by atoms with Crippen LogP contribution in [0, 0.1) is 6.92 Å². The number of nitrogens with zero attached hydrogens (tertiary/aromatic N) is 2. The molecule has 27 heavy (non-hydrogen) atoms. The van der Waals surface area contributed by atoms with E-state index in [1.54, 1.807) is 24.1 Å². The third kappa shape index (κ3) is 3.68. The highest BCUT2D eigenvalue weighted by molar-refractivity contribution is 7.22. The van der Waals surface area contributed by atoms with Gasteiger partial charge in [0.2, 0.25) is 0 Å². The van der Waals surface area contributed by atoms with Crippen LogP contribution >= 0.6 is 11.3 Å². The van der Waals surface area contributed by atoms with Gasteiger partial charge in [-0.25, -0.2) is 4.98 Å². The van der Waals surface area contributed by atoms with Gasteiger partial charge in [0.1, 0.15) is 5.75 Å². The number of carbonyl (C=O) groups is 1. The molecule has 0 saturated carbocycles. The van der Waals surface area contributed by atoms with Gasteiger partial charge in [-0.3, -0.25) is 9.69 Å². The van der Waals surface area contributed by atoms with E-state index in [1.165, 1.54) is 16.9 Å². The molecule has 2 aromatic carbocycles. The van der Waals surface area contributed by atoms with Gasteiger partial charge in [-0.05, 0) is 49.6 Å². The standard InChI is InChI=1S/C21H22N2O3S/c1-14-9-10-17-19(12-14)27-21(22-17)23(13-15-6-5-11-26-15)20(24)16-7-3-4-8-18(16)25-2/h3-4,7-10,12,15H,5-6,11,13H2,1-2H3. The molecule has 0 radical (unpaired) electrons. The highest BCUT2D eigenvalue weighted by Crippen LogP contribution is 2.32. The maximum absolute atomic E-state index is 13.4. The van der Waals surface area contributed by atoms with Crippen molar-refractivity contribution in [1.29, 1.82) is 0 Å². The van der Waals surface area contributed by atoms with Gasteiger partial charge in [0.25, 0.3) is 5.91 Å². The summed E-state index contributed by atoms with van der Waals surface area (Å²) in [4.78, 5) is 19.9. The summed E-state index contributed by atoms with van der Waals surface area (Å²) < 4.78 is 12.3. The number of aryl methyl sites for hydroxylation is 1. The van der Waals surface area contributed by atoms with Crippen molar-refractivity contribution in [1.82, 2.24) is 4.98 Å². The lowest BCUT2D eigenvalue weighted by atomic mass is 10.1. The van der Waals surface area contributed by atoms with Crippen molar-refractivity contribution in [3.63, 3.8) is 0 Å². The van der Waals surface area contributed by atoms with E-state index < -0.39 is 0 Å². The first kappa shape index (κ1) is 17.9. The van der Waals surface area contributed by atoms with Crippen molar-refractivity contribution in [2.45, 2.75) is 25.9 Å². The van der Waals surface area contributed by atoms with E-state index >= 15 is 0 Å². The van der Waals surface area contributed by atoms with E-state index in [0.29, 0.717) is 23.0 Å². The number of carbonyl (C=O) groups excluding carboxylic acids is 1. The van der Waals surface area contributed by atoms with Crippen LogP contribution in [0.2, 0.25) is 0 Å². The molecule has 1 aliphatic heterocycles. The minimum absolute atomic E-state index is 0.0393. The van der Waals surface area contributed by atoms with Gasteiger partial charge in [0.15, 0.2) is 5.13 Å². The summed E-state index contributed by atoms with van der Waals surface area (Å²) in [5.41, 5.74) is 2.62. The second-order valence-corrected chi connectivity index (χ2v) is 7.73. The van der Waals surface area contributed by atoms with Crippen LogP contribution in [-0.4, -0.2) is 37.3 Å². The fourth-order valence-electron chi connectivity index (χ4n) is 3.34. The molecule has 1 aliphatic rings. The number of hydrogen-bond acceptors (Lipinski definition) is 5.